The first-order chi connectivity index (χ1) is 9.87. The van der Waals surface area contributed by atoms with E-state index in [1.54, 1.807) is 30.7 Å². The van der Waals surface area contributed by atoms with E-state index < -0.39 is 10.0 Å². The molecule has 2 aromatic rings. The van der Waals surface area contributed by atoms with Gasteiger partial charge in [-0.05, 0) is 26.0 Å². The number of nitrogens with zero attached hydrogens (tertiary/aromatic N) is 3. The van der Waals surface area contributed by atoms with Gasteiger partial charge in [-0.25, -0.2) is 8.42 Å². The van der Waals surface area contributed by atoms with Crippen molar-refractivity contribution in [2.24, 2.45) is 5.73 Å². The van der Waals surface area contributed by atoms with Crippen molar-refractivity contribution in [3.05, 3.63) is 35.5 Å². The van der Waals surface area contributed by atoms with Crippen molar-refractivity contribution in [3.63, 3.8) is 0 Å². The van der Waals surface area contributed by atoms with Crippen LogP contribution in [0.2, 0.25) is 0 Å². The summed E-state index contributed by atoms with van der Waals surface area (Å²) in [4.78, 5) is 0.241. The van der Waals surface area contributed by atoms with Crippen LogP contribution in [-0.4, -0.2) is 36.1 Å². The first kappa shape index (κ1) is 15.7. The highest BCUT2D eigenvalue weighted by Crippen LogP contribution is 2.23. The molecule has 0 aliphatic carbocycles. The van der Waals surface area contributed by atoms with E-state index >= 15 is 0 Å². The van der Waals surface area contributed by atoms with Crippen molar-refractivity contribution in [3.8, 4) is 0 Å². The van der Waals surface area contributed by atoms with E-state index in [2.05, 4.69) is 5.10 Å². The Kier molecular flexibility index (Phi) is 4.50. The van der Waals surface area contributed by atoms with Crippen LogP contribution in [0.15, 0.2) is 27.7 Å². The summed E-state index contributed by atoms with van der Waals surface area (Å²) >= 11 is 0. The number of nitrogens with two attached hydrogens (primary N) is 1. The fourth-order valence-electron chi connectivity index (χ4n) is 2.26. The fourth-order valence-corrected chi connectivity index (χ4v) is 3.76. The Morgan fingerprint density at radius 2 is 2.14 bits per heavy atom. The van der Waals surface area contributed by atoms with Gasteiger partial charge in [0.15, 0.2) is 0 Å². The topological polar surface area (TPSA) is 94.4 Å². The molecule has 0 aromatic carbocycles. The second kappa shape index (κ2) is 6.00. The van der Waals surface area contributed by atoms with Gasteiger partial charge in [0.05, 0.1) is 30.7 Å². The van der Waals surface area contributed by atoms with E-state index in [9.17, 15) is 8.42 Å². The van der Waals surface area contributed by atoms with Crippen molar-refractivity contribution in [2.45, 2.75) is 31.8 Å². The van der Waals surface area contributed by atoms with Gasteiger partial charge in [-0.3, -0.25) is 4.68 Å². The molecule has 2 N–H and O–H groups in total. The predicted molar refractivity (Wildman–Crippen MR) is 78.1 cm³/mol. The molecule has 0 bridgehead atoms. The van der Waals surface area contributed by atoms with Crippen molar-refractivity contribution in [1.29, 1.82) is 0 Å². The van der Waals surface area contributed by atoms with Crippen LogP contribution in [0.3, 0.4) is 0 Å². The quantitative estimate of drug-likeness (QED) is 0.854. The molecule has 2 aromatic heterocycles. The van der Waals surface area contributed by atoms with Gasteiger partial charge in [0.1, 0.15) is 10.7 Å². The van der Waals surface area contributed by atoms with Gasteiger partial charge in [0.25, 0.3) is 0 Å². The second-order valence-corrected chi connectivity index (χ2v) is 6.83. The van der Waals surface area contributed by atoms with E-state index in [0.29, 0.717) is 30.2 Å². The Labute approximate surface area is 124 Å². The molecule has 21 heavy (non-hydrogen) atoms. The summed E-state index contributed by atoms with van der Waals surface area (Å²) in [6, 6.07) is 3.47. The number of aromatic nitrogens is 2. The lowest BCUT2D eigenvalue weighted by Crippen LogP contribution is -2.27. The average Bonchev–Trinajstić information content (AvgIpc) is 2.99. The third-order valence-corrected chi connectivity index (χ3v) is 5.34. The van der Waals surface area contributed by atoms with E-state index in [1.165, 1.54) is 17.6 Å². The zero-order valence-electron chi connectivity index (χ0n) is 12.4. The van der Waals surface area contributed by atoms with Gasteiger partial charge in [-0.15, -0.1) is 0 Å². The summed E-state index contributed by atoms with van der Waals surface area (Å²) < 4.78 is 33.5. The van der Waals surface area contributed by atoms with Crippen LogP contribution < -0.4 is 5.73 Å². The number of rotatable bonds is 6. The van der Waals surface area contributed by atoms with Crippen LogP contribution in [0, 0.1) is 13.8 Å². The molecule has 116 valence electrons. The Morgan fingerprint density at radius 3 is 2.71 bits per heavy atom. The van der Waals surface area contributed by atoms with Crippen LogP contribution in [0.4, 0.5) is 0 Å². The molecule has 0 aliphatic rings. The third kappa shape index (κ3) is 3.02. The molecule has 0 fully saturated rings. The third-order valence-electron chi connectivity index (χ3n) is 3.28. The highest BCUT2D eigenvalue weighted by molar-refractivity contribution is 7.89. The SMILES string of the molecule is Cc1nn(CCN)c(C)c1S(=O)(=O)N(C)Cc1ccco1. The molecule has 8 heteroatoms. The smallest absolute Gasteiger partial charge is 0.246 e. The molecule has 0 saturated heterocycles. The lowest BCUT2D eigenvalue weighted by Gasteiger charge is -2.16. The Morgan fingerprint density at radius 1 is 1.43 bits per heavy atom. The largest absolute Gasteiger partial charge is 0.468 e. The molecule has 2 heterocycles. The van der Waals surface area contributed by atoms with Crippen LogP contribution >= 0.6 is 0 Å². The first-order valence-corrected chi connectivity index (χ1v) is 8.04. The van der Waals surface area contributed by atoms with Crippen LogP contribution in [-0.2, 0) is 23.1 Å². The predicted octanol–water partition coefficient (Wildman–Crippen LogP) is 0.872. The van der Waals surface area contributed by atoms with Gasteiger partial charge in [-0.1, -0.05) is 0 Å². The zero-order valence-corrected chi connectivity index (χ0v) is 13.2. The highest BCUT2D eigenvalue weighted by atomic mass is 32.2. The molecule has 0 unspecified atom stereocenters. The Balaban J connectivity index is 2.35. The summed E-state index contributed by atoms with van der Waals surface area (Å²) in [5.41, 5.74) is 6.59. The van der Waals surface area contributed by atoms with E-state index in [1.807, 2.05) is 0 Å². The van der Waals surface area contributed by atoms with Crippen molar-refractivity contribution >= 4 is 10.0 Å². The first-order valence-electron chi connectivity index (χ1n) is 6.60. The molecule has 2 rings (SSSR count). The van der Waals surface area contributed by atoms with Crippen LogP contribution in [0.25, 0.3) is 0 Å². The number of furan rings is 1. The Bertz CT molecular complexity index is 704. The molecular weight excluding hydrogens is 292 g/mol. The minimum absolute atomic E-state index is 0.177. The van der Waals surface area contributed by atoms with Crippen molar-refractivity contribution in [1.82, 2.24) is 14.1 Å². The number of sulfonamides is 1. The lowest BCUT2D eigenvalue weighted by molar-refractivity contribution is 0.406. The molecule has 0 saturated carbocycles. The van der Waals surface area contributed by atoms with E-state index in [0.717, 1.165) is 0 Å². The van der Waals surface area contributed by atoms with Crippen molar-refractivity contribution < 1.29 is 12.8 Å². The Hall–Kier alpha value is -1.64. The van der Waals surface area contributed by atoms with E-state index in [4.69, 9.17) is 10.2 Å². The second-order valence-electron chi connectivity index (χ2n) is 4.85. The molecular formula is C13H20N4O3S. The molecule has 0 aliphatic heterocycles. The van der Waals surface area contributed by atoms with Gasteiger partial charge in [-0.2, -0.15) is 9.40 Å². The average molecular weight is 312 g/mol. The molecule has 7 nitrogen and oxygen atoms in total. The van der Waals surface area contributed by atoms with Crippen LogP contribution in [0.5, 0.6) is 0 Å². The normalized spacial score (nSPS) is 12.2. The maximum Gasteiger partial charge on any atom is 0.246 e. The minimum Gasteiger partial charge on any atom is -0.468 e. The van der Waals surface area contributed by atoms with E-state index in [-0.39, 0.29) is 11.4 Å². The summed E-state index contributed by atoms with van der Waals surface area (Å²) in [5, 5.41) is 4.25. The highest BCUT2D eigenvalue weighted by Gasteiger charge is 2.29. The van der Waals surface area contributed by atoms with Crippen LogP contribution in [0.1, 0.15) is 17.1 Å². The van der Waals surface area contributed by atoms with Gasteiger partial charge >= 0.3 is 0 Å². The van der Waals surface area contributed by atoms with Gasteiger partial charge in [0, 0.05) is 13.6 Å². The standard InChI is InChI=1S/C13H20N4O3S/c1-10-13(11(2)17(15-10)7-6-14)21(18,19)16(3)9-12-5-4-8-20-12/h4-5,8H,6-7,9,14H2,1-3H3. The van der Waals surface area contributed by atoms with Gasteiger partial charge in [0.2, 0.25) is 10.0 Å². The molecule has 0 atom stereocenters. The number of aryl methyl sites for hydroxylation is 1. The summed E-state index contributed by atoms with van der Waals surface area (Å²) in [7, 11) is -2.10. The van der Waals surface area contributed by atoms with Crippen molar-refractivity contribution in [2.75, 3.05) is 13.6 Å². The number of hydrogen-bond acceptors (Lipinski definition) is 5. The fraction of sp³-hybridized carbons (Fsp3) is 0.462. The molecule has 0 amide bonds. The summed E-state index contributed by atoms with van der Waals surface area (Å²) in [6.45, 7) is 4.50. The summed E-state index contributed by atoms with van der Waals surface area (Å²) in [5.74, 6) is 0.589. The maximum absolute atomic E-state index is 12.7. The monoisotopic (exact) mass is 312 g/mol. The maximum atomic E-state index is 12.7. The zero-order chi connectivity index (χ0) is 15.6. The lowest BCUT2D eigenvalue weighted by atomic mass is 10.4. The number of hydrogen-bond donors (Lipinski definition) is 1. The van der Waals surface area contributed by atoms with Gasteiger partial charge < -0.3 is 10.2 Å². The molecule has 0 radical (unpaired) electrons. The molecule has 0 spiro atoms. The summed E-state index contributed by atoms with van der Waals surface area (Å²) in [6.07, 6.45) is 1.52. The minimum atomic E-state index is -3.62.